The second kappa shape index (κ2) is 7.04. The number of hydrogen-bond donors (Lipinski definition) is 0. The molecule has 1 aliphatic rings. The summed E-state index contributed by atoms with van der Waals surface area (Å²) in [6.07, 6.45) is 1.03. The van der Waals surface area contributed by atoms with E-state index in [9.17, 15) is 9.59 Å². The number of carbonyl (C=O) groups excluding carboxylic acids is 2. The molecular formula is C15H18N2O2S2. The Bertz CT molecular complexity index is 548. The zero-order valence-corrected chi connectivity index (χ0v) is 13.7. The van der Waals surface area contributed by atoms with Crippen LogP contribution >= 0.6 is 24.0 Å². The van der Waals surface area contributed by atoms with Gasteiger partial charge in [0.1, 0.15) is 4.32 Å². The summed E-state index contributed by atoms with van der Waals surface area (Å²) in [6, 6.07) is 9.45. The van der Waals surface area contributed by atoms with Crippen LogP contribution in [-0.2, 0) is 9.59 Å². The van der Waals surface area contributed by atoms with Crippen molar-refractivity contribution in [2.75, 3.05) is 18.5 Å². The van der Waals surface area contributed by atoms with Crippen LogP contribution in [0.1, 0.15) is 19.8 Å². The van der Waals surface area contributed by atoms with Gasteiger partial charge in [0.2, 0.25) is 11.8 Å². The summed E-state index contributed by atoms with van der Waals surface area (Å²) in [6.45, 7) is 2.33. The van der Waals surface area contributed by atoms with Crippen LogP contribution in [0.5, 0.6) is 0 Å². The first kappa shape index (κ1) is 16.0. The molecule has 1 aromatic carbocycles. The van der Waals surface area contributed by atoms with Crippen LogP contribution in [0.15, 0.2) is 30.3 Å². The molecule has 1 heterocycles. The van der Waals surface area contributed by atoms with Crippen molar-refractivity contribution in [1.29, 1.82) is 0 Å². The lowest BCUT2D eigenvalue weighted by molar-refractivity contribution is -0.126. The van der Waals surface area contributed by atoms with Gasteiger partial charge in [0.05, 0.1) is 5.25 Å². The summed E-state index contributed by atoms with van der Waals surface area (Å²) in [5.74, 6) is 0.00409. The highest BCUT2D eigenvalue weighted by Gasteiger charge is 2.35. The number of amides is 2. The van der Waals surface area contributed by atoms with Crippen molar-refractivity contribution in [3.63, 3.8) is 0 Å². The molecule has 1 aliphatic heterocycles. The highest BCUT2D eigenvalue weighted by molar-refractivity contribution is 8.24. The van der Waals surface area contributed by atoms with Gasteiger partial charge in [0.15, 0.2) is 0 Å². The smallest absolute Gasteiger partial charge is 0.241 e. The minimum Gasteiger partial charge on any atom is -0.315 e. The highest BCUT2D eigenvalue weighted by Crippen LogP contribution is 2.29. The first-order valence-electron chi connectivity index (χ1n) is 6.88. The Kier molecular flexibility index (Phi) is 5.36. The van der Waals surface area contributed by atoms with Crippen molar-refractivity contribution in [2.24, 2.45) is 0 Å². The largest absolute Gasteiger partial charge is 0.315 e. The molecule has 0 N–H and O–H groups in total. The van der Waals surface area contributed by atoms with Crippen LogP contribution in [0.3, 0.4) is 0 Å². The average molecular weight is 322 g/mol. The Labute approximate surface area is 134 Å². The van der Waals surface area contributed by atoms with Crippen molar-refractivity contribution in [3.8, 4) is 0 Å². The van der Waals surface area contributed by atoms with Crippen molar-refractivity contribution in [2.45, 2.75) is 25.0 Å². The van der Waals surface area contributed by atoms with Crippen LogP contribution in [0.4, 0.5) is 5.69 Å². The summed E-state index contributed by atoms with van der Waals surface area (Å²) < 4.78 is 0.585. The summed E-state index contributed by atoms with van der Waals surface area (Å²) in [4.78, 5) is 27.5. The number of rotatable bonds is 5. The third-order valence-corrected chi connectivity index (χ3v) is 5.19. The number of hydrogen-bond acceptors (Lipinski definition) is 4. The molecule has 21 heavy (non-hydrogen) atoms. The molecule has 6 heteroatoms. The number of benzene rings is 1. The first-order chi connectivity index (χ1) is 10.0. The number of carbonyl (C=O) groups is 2. The maximum atomic E-state index is 12.2. The number of nitrogens with zero attached hydrogens (tertiary/aromatic N) is 2. The van der Waals surface area contributed by atoms with Gasteiger partial charge in [-0.15, -0.1) is 0 Å². The van der Waals surface area contributed by atoms with Gasteiger partial charge < -0.3 is 4.90 Å². The zero-order valence-electron chi connectivity index (χ0n) is 12.1. The molecule has 0 saturated carbocycles. The predicted molar refractivity (Wildman–Crippen MR) is 90.5 cm³/mol. The van der Waals surface area contributed by atoms with Crippen molar-refractivity contribution >= 4 is 45.8 Å². The van der Waals surface area contributed by atoms with Crippen LogP contribution in [0, 0.1) is 0 Å². The lowest BCUT2D eigenvalue weighted by Gasteiger charge is -2.20. The molecule has 1 fully saturated rings. The zero-order chi connectivity index (χ0) is 15.4. The molecular weight excluding hydrogens is 304 g/mol. The number of anilines is 1. The van der Waals surface area contributed by atoms with Gasteiger partial charge in [-0.25, -0.2) is 0 Å². The minimum absolute atomic E-state index is 0.0262. The topological polar surface area (TPSA) is 40.6 Å². The van der Waals surface area contributed by atoms with Crippen LogP contribution in [-0.4, -0.2) is 39.9 Å². The molecule has 0 spiro atoms. The van der Waals surface area contributed by atoms with Gasteiger partial charge in [0, 0.05) is 25.7 Å². The van der Waals surface area contributed by atoms with Crippen LogP contribution in [0.2, 0.25) is 0 Å². The first-order valence-corrected chi connectivity index (χ1v) is 8.17. The SMILES string of the molecule is CCC1SC(=S)N(CCC(=O)N(C)c2ccccc2)C1=O. The van der Waals surface area contributed by atoms with E-state index in [0.717, 1.165) is 12.1 Å². The molecule has 0 radical (unpaired) electrons. The second-order valence-corrected chi connectivity index (χ2v) is 6.65. The Balaban J connectivity index is 1.93. The summed E-state index contributed by atoms with van der Waals surface area (Å²) in [5.41, 5.74) is 0.846. The Morgan fingerprint density at radius 2 is 2.05 bits per heavy atom. The molecule has 0 aromatic heterocycles. The van der Waals surface area contributed by atoms with Crippen molar-refractivity contribution in [1.82, 2.24) is 4.90 Å². The normalized spacial score (nSPS) is 18.2. The maximum Gasteiger partial charge on any atom is 0.241 e. The standard InChI is InChI=1S/C15H18N2O2S2/c1-3-12-14(19)17(15(20)21-12)10-9-13(18)16(2)11-7-5-4-6-8-11/h4-8,12H,3,9-10H2,1-2H3. The summed E-state index contributed by atoms with van der Waals surface area (Å²) >= 11 is 6.64. The monoisotopic (exact) mass is 322 g/mol. The van der Waals surface area contributed by atoms with Gasteiger partial charge in [-0.2, -0.15) is 0 Å². The van der Waals surface area contributed by atoms with Gasteiger partial charge in [-0.05, 0) is 18.6 Å². The Morgan fingerprint density at radius 1 is 1.38 bits per heavy atom. The quantitative estimate of drug-likeness (QED) is 0.782. The fourth-order valence-electron chi connectivity index (χ4n) is 2.13. The van der Waals surface area contributed by atoms with Gasteiger partial charge in [-0.3, -0.25) is 14.5 Å². The highest BCUT2D eigenvalue weighted by atomic mass is 32.2. The molecule has 4 nitrogen and oxygen atoms in total. The molecule has 1 atom stereocenters. The predicted octanol–water partition coefficient (Wildman–Crippen LogP) is 2.68. The fourth-order valence-corrected chi connectivity index (χ4v) is 3.61. The van der Waals surface area contributed by atoms with E-state index in [1.165, 1.54) is 11.8 Å². The van der Waals surface area contributed by atoms with Crippen molar-refractivity contribution < 1.29 is 9.59 Å². The molecule has 1 unspecified atom stereocenters. The van der Waals surface area contributed by atoms with E-state index in [-0.39, 0.29) is 23.5 Å². The van der Waals surface area contributed by atoms with Gasteiger partial charge in [-0.1, -0.05) is 49.1 Å². The van der Waals surface area contributed by atoms with E-state index in [1.807, 2.05) is 37.3 Å². The molecule has 2 amide bonds. The summed E-state index contributed by atoms with van der Waals surface area (Å²) in [7, 11) is 1.74. The lowest BCUT2D eigenvalue weighted by atomic mass is 10.2. The lowest BCUT2D eigenvalue weighted by Crippen LogP contribution is -2.36. The number of thiocarbonyl (C=S) groups is 1. The molecule has 0 bridgehead atoms. The van der Waals surface area contributed by atoms with E-state index < -0.39 is 0 Å². The fraction of sp³-hybridized carbons (Fsp3) is 0.400. The average Bonchev–Trinajstić information content (AvgIpc) is 2.79. The van der Waals surface area contributed by atoms with E-state index in [4.69, 9.17) is 12.2 Å². The number of thioether (sulfide) groups is 1. The number of para-hydroxylation sites is 1. The molecule has 1 aromatic rings. The van der Waals surface area contributed by atoms with Crippen molar-refractivity contribution in [3.05, 3.63) is 30.3 Å². The summed E-state index contributed by atoms with van der Waals surface area (Å²) in [5, 5.41) is -0.0838. The third-order valence-electron chi connectivity index (χ3n) is 3.44. The van der Waals surface area contributed by atoms with E-state index in [2.05, 4.69) is 0 Å². The minimum atomic E-state index is -0.0838. The molecule has 1 saturated heterocycles. The molecule has 0 aliphatic carbocycles. The van der Waals surface area contributed by atoms with E-state index in [1.54, 1.807) is 16.8 Å². The van der Waals surface area contributed by atoms with E-state index >= 15 is 0 Å². The maximum absolute atomic E-state index is 12.2. The van der Waals surface area contributed by atoms with Gasteiger partial charge in [0.25, 0.3) is 0 Å². The Morgan fingerprint density at radius 3 is 2.62 bits per heavy atom. The van der Waals surface area contributed by atoms with E-state index in [0.29, 0.717) is 10.9 Å². The third kappa shape index (κ3) is 3.63. The molecule has 2 rings (SSSR count). The van der Waals surface area contributed by atoms with Crippen LogP contribution < -0.4 is 4.90 Å². The van der Waals surface area contributed by atoms with Crippen LogP contribution in [0.25, 0.3) is 0 Å². The van der Waals surface area contributed by atoms with Gasteiger partial charge >= 0.3 is 0 Å². The Hall–Kier alpha value is -1.40. The molecule has 112 valence electrons. The second-order valence-electron chi connectivity index (χ2n) is 4.81.